The largest absolute Gasteiger partial charge is 0.491 e. The number of ether oxygens (including phenoxy) is 2. The lowest BCUT2D eigenvalue weighted by molar-refractivity contribution is 0.0363. The normalized spacial score (nSPS) is 16.0. The molecule has 2 heterocycles. The van der Waals surface area contributed by atoms with Crippen LogP contribution in [0.2, 0.25) is 5.02 Å². The standard InChI is InChI=1S/C23H29ClN4O3/c1-17-14-19(6-7-20(17)24)31-16-18(29)15-28-22-5-3-2-4-21(22)27(23(28)25)9-8-26-10-12-30-13-11-26/h2-7,14,18,25,29H,8-13,15-16H2,1H3. The van der Waals surface area contributed by atoms with Crippen molar-refractivity contribution in [3.8, 4) is 5.75 Å². The first kappa shape index (κ1) is 21.9. The van der Waals surface area contributed by atoms with Gasteiger partial charge in [-0.25, -0.2) is 0 Å². The smallest absolute Gasteiger partial charge is 0.203 e. The van der Waals surface area contributed by atoms with Crippen LogP contribution in [0, 0.1) is 12.3 Å². The molecular weight excluding hydrogens is 416 g/mol. The van der Waals surface area contributed by atoms with Gasteiger partial charge in [-0.2, -0.15) is 0 Å². The van der Waals surface area contributed by atoms with Gasteiger partial charge in [0.1, 0.15) is 18.5 Å². The highest BCUT2D eigenvalue weighted by Crippen LogP contribution is 2.21. The van der Waals surface area contributed by atoms with Gasteiger partial charge in [0.2, 0.25) is 5.62 Å². The van der Waals surface area contributed by atoms with E-state index in [9.17, 15) is 5.11 Å². The summed E-state index contributed by atoms with van der Waals surface area (Å²) in [5.74, 6) is 0.671. The lowest BCUT2D eigenvalue weighted by atomic mass is 10.2. The van der Waals surface area contributed by atoms with E-state index >= 15 is 0 Å². The molecule has 0 saturated carbocycles. The van der Waals surface area contributed by atoms with Gasteiger partial charge >= 0.3 is 0 Å². The summed E-state index contributed by atoms with van der Waals surface area (Å²) in [4.78, 5) is 2.36. The number of hydrogen-bond acceptors (Lipinski definition) is 5. The van der Waals surface area contributed by atoms with E-state index in [1.807, 2.05) is 46.4 Å². The molecule has 1 unspecified atom stereocenters. The van der Waals surface area contributed by atoms with Gasteiger partial charge in [-0.1, -0.05) is 23.7 Å². The molecule has 1 aliphatic rings. The Morgan fingerprint density at radius 3 is 2.52 bits per heavy atom. The topological polar surface area (TPSA) is 75.6 Å². The molecule has 0 spiro atoms. The van der Waals surface area contributed by atoms with E-state index in [2.05, 4.69) is 4.90 Å². The van der Waals surface area contributed by atoms with Crippen molar-refractivity contribution in [3.63, 3.8) is 0 Å². The number of morpholine rings is 1. The second-order valence-corrected chi connectivity index (χ2v) is 8.31. The molecule has 4 rings (SSSR count). The predicted octanol–water partition coefficient (Wildman–Crippen LogP) is 2.66. The highest BCUT2D eigenvalue weighted by Gasteiger charge is 2.16. The molecule has 0 bridgehead atoms. The number of nitrogens with zero attached hydrogens (tertiary/aromatic N) is 3. The van der Waals surface area contributed by atoms with Crippen LogP contribution in [-0.4, -0.2) is 64.7 Å². The van der Waals surface area contributed by atoms with Crippen molar-refractivity contribution in [2.24, 2.45) is 0 Å². The van der Waals surface area contributed by atoms with Crippen molar-refractivity contribution in [1.29, 1.82) is 5.41 Å². The molecule has 1 fully saturated rings. The molecule has 8 heteroatoms. The van der Waals surface area contributed by atoms with Crippen LogP contribution in [0.15, 0.2) is 42.5 Å². The van der Waals surface area contributed by atoms with Crippen LogP contribution >= 0.6 is 11.6 Å². The van der Waals surface area contributed by atoms with Crippen molar-refractivity contribution in [2.75, 3.05) is 39.5 Å². The zero-order chi connectivity index (χ0) is 21.8. The Morgan fingerprint density at radius 2 is 1.81 bits per heavy atom. The lowest BCUT2D eigenvalue weighted by Crippen LogP contribution is -2.39. The number of imidazole rings is 1. The van der Waals surface area contributed by atoms with Crippen molar-refractivity contribution < 1.29 is 14.6 Å². The molecule has 7 nitrogen and oxygen atoms in total. The zero-order valence-electron chi connectivity index (χ0n) is 17.8. The summed E-state index contributed by atoms with van der Waals surface area (Å²) in [7, 11) is 0. The molecule has 0 radical (unpaired) electrons. The number of aliphatic hydroxyl groups is 1. The number of nitrogens with one attached hydrogen (secondary N) is 1. The van der Waals surface area contributed by atoms with Crippen molar-refractivity contribution >= 4 is 22.6 Å². The highest BCUT2D eigenvalue weighted by atomic mass is 35.5. The van der Waals surface area contributed by atoms with Gasteiger partial charge in [-0.15, -0.1) is 0 Å². The van der Waals surface area contributed by atoms with Gasteiger partial charge in [-0.05, 0) is 42.8 Å². The van der Waals surface area contributed by atoms with Crippen molar-refractivity contribution in [3.05, 3.63) is 58.7 Å². The van der Waals surface area contributed by atoms with Gasteiger partial charge in [-0.3, -0.25) is 10.3 Å². The quantitative estimate of drug-likeness (QED) is 0.560. The lowest BCUT2D eigenvalue weighted by Gasteiger charge is -2.26. The maximum absolute atomic E-state index is 10.6. The Labute approximate surface area is 186 Å². The van der Waals surface area contributed by atoms with E-state index in [-0.39, 0.29) is 13.2 Å². The number of aromatic nitrogens is 2. The van der Waals surface area contributed by atoms with E-state index in [4.69, 9.17) is 26.5 Å². The van der Waals surface area contributed by atoms with Gasteiger partial charge in [0.05, 0.1) is 30.8 Å². The third kappa shape index (κ3) is 5.13. The molecule has 1 saturated heterocycles. The number of aliphatic hydroxyl groups excluding tert-OH is 1. The first-order valence-corrected chi connectivity index (χ1v) is 11.0. The number of hydrogen-bond donors (Lipinski definition) is 2. The third-order valence-corrected chi connectivity index (χ3v) is 6.11. The van der Waals surface area contributed by atoms with E-state index in [0.29, 0.717) is 16.4 Å². The predicted molar refractivity (Wildman–Crippen MR) is 121 cm³/mol. The number of benzene rings is 2. The highest BCUT2D eigenvalue weighted by molar-refractivity contribution is 6.31. The summed E-state index contributed by atoms with van der Waals surface area (Å²) in [6.45, 7) is 7.31. The van der Waals surface area contributed by atoms with Crippen LogP contribution in [0.5, 0.6) is 5.75 Å². The number of fused-ring (bicyclic) bond motifs is 1. The second-order valence-electron chi connectivity index (χ2n) is 7.90. The molecule has 0 aliphatic carbocycles. The van der Waals surface area contributed by atoms with Gasteiger partial charge in [0, 0.05) is 31.2 Å². The van der Waals surface area contributed by atoms with E-state index < -0.39 is 6.10 Å². The minimum absolute atomic E-state index is 0.140. The summed E-state index contributed by atoms with van der Waals surface area (Å²) in [5, 5.41) is 20.1. The van der Waals surface area contributed by atoms with Crippen LogP contribution in [-0.2, 0) is 17.8 Å². The van der Waals surface area contributed by atoms with Gasteiger partial charge in [0.15, 0.2) is 0 Å². The Balaban J connectivity index is 1.47. The molecule has 3 aromatic rings. The van der Waals surface area contributed by atoms with Crippen LogP contribution in [0.4, 0.5) is 0 Å². The minimum Gasteiger partial charge on any atom is -0.491 e. The zero-order valence-corrected chi connectivity index (χ0v) is 18.5. The molecule has 1 aromatic heterocycles. The van der Waals surface area contributed by atoms with Crippen LogP contribution in [0.25, 0.3) is 11.0 Å². The monoisotopic (exact) mass is 444 g/mol. The van der Waals surface area contributed by atoms with Crippen LogP contribution < -0.4 is 10.4 Å². The summed E-state index contributed by atoms with van der Waals surface area (Å²) in [6, 6.07) is 13.4. The number of para-hydroxylation sites is 2. The Hall–Kier alpha value is -2.32. The number of halogens is 1. The third-order valence-electron chi connectivity index (χ3n) is 5.68. The summed E-state index contributed by atoms with van der Waals surface area (Å²) in [6.07, 6.45) is -0.747. The maximum Gasteiger partial charge on any atom is 0.203 e. The SMILES string of the molecule is Cc1cc(OCC(O)Cn2c(=N)n(CCN3CCOCC3)c3ccccc32)ccc1Cl. The average Bonchev–Trinajstić information content (AvgIpc) is 3.05. The molecule has 0 amide bonds. The molecule has 166 valence electrons. The Kier molecular flexibility index (Phi) is 6.97. The summed E-state index contributed by atoms with van der Waals surface area (Å²) < 4.78 is 15.0. The van der Waals surface area contributed by atoms with E-state index in [1.54, 1.807) is 12.1 Å². The summed E-state index contributed by atoms with van der Waals surface area (Å²) >= 11 is 6.06. The average molecular weight is 445 g/mol. The van der Waals surface area contributed by atoms with Gasteiger partial charge in [0.25, 0.3) is 0 Å². The number of rotatable bonds is 8. The first-order valence-electron chi connectivity index (χ1n) is 10.6. The maximum atomic E-state index is 10.6. The first-order chi connectivity index (χ1) is 15.0. The fourth-order valence-corrected chi connectivity index (χ4v) is 4.05. The second kappa shape index (κ2) is 9.87. The molecule has 2 N–H and O–H groups in total. The van der Waals surface area contributed by atoms with Gasteiger partial charge < -0.3 is 23.7 Å². The summed E-state index contributed by atoms with van der Waals surface area (Å²) in [5.41, 5.74) is 3.26. The van der Waals surface area contributed by atoms with Crippen molar-refractivity contribution in [2.45, 2.75) is 26.1 Å². The Bertz CT molecular complexity index is 1090. The van der Waals surface area contributed by atoms with Crippen molar-refractivity contribution in [1.82, 2.24) is 14.0 Å². The molecule has 31 heavy (non-hydrogen) atoms. The fourth-order valence-electron chi connectivity index (χ4n) is 3.93. The fraction of sp³-hybridized carbons (Fsp3) is 0.435. The minimum atomic E-state index is -0.747. The molecular formula is C23H29ClN4O3. The molecule has 1 atom stereocenters. The van der Waals surface area contributed by atoms with E-state index in [0.717, 1.165) is 56.0 Å². The van der Waals surface area contributed by atoms with Crippen LogP contribution in [0.3, 0.4) is 0 Å². The van der Waals surface area contributed by atoms with E-state index in [1.165, 1.54) is 0 Å². The number of aryl methyl sites for hydroxylation is 1. The Morgan fingerprint density at radius 1 is 1.10 bits per heavy atom. The molecule has 2 aromatic carbocycles. The molecule has 1 aliphatic heterocycles. The van der Waals surface area contributed by atoms with Crippen LogP contribution in [0.1, 0.15) is 5.56 Å².